The van der Waals surface area contributed by atoms with Crippen molar-refractivity contribution >= 4 is 16.9 Å². The van der Waals surface area contributed by atoms with Crippen LogP contribution in [-0.4, -0.2) is 40.5 Å². The van der Waals surface area contributed by atoms with Gasteiger partial charge in [0.2, 0.25) is 5.91 Å². The molecular weight excluding hydrogens is 356 g/mol. The van der Waals surface area contributed by atoms with E-state index >= 15 is 0 Å². The predicted octanol–water partition coefficient (Wildman–Crippen LogP) is 2.96. The summed E-state index contributed by atoms with van der Waals surface area (Å²) in [5, 5.41) is 0. The normalized spacial score (nSPS) is 16.7. The summed E-state index contributed by atoms with van der Waals surface area (Å²) in [6.07, 6.45) is -10.3. The van der Waals surface area contributed by atoms with Crippen LogP contribution in [0.2, 0.25) is 0 Å². The number of H-pyrrole nitrogens is 1. The van der Waals surface area contributed by atoms with E-state index in [0.29, 0.717) is 18.7 Å². The molecule has 1 N–H and O–H groups in total. The highest BCUT2D eigenvalue weighted by atomic mass is 19.4. The van der Waals surface area contributed by atoms with E-state index < -0.39 is 23.5 Å². The lowest BCUT2D eigenvalue weighted by Crippen LogP contribution is -2.41. The van der Waals surface area contributed by atoms with Crippen LogP contribution < -0.4 is 0 Å². The van der Waals surface area contributed by atoms with Crippen molar-refractivity contribution in [3.8, 4) is 0 Å². The summed E-state index contributed by atoms with van der Waals surface area (Å²) in [6.45, 7) is 0.371. The van der Waals surface area contributed by atoms with Crippen LogP contribution in [0.3, 0.4) is 0 Å². The number of aromatic amines is 1. The lowest BCUT2D eigenvalue weighted by Gasteiger charge is -2.25. The second kappa shape index (κ2) is 5.90. The number of hydrogen-bond donors (Lipinski definition) is 1. The first-order chi connectivity index (χ1) is 11.6. The van der Waals surface area contributed by atoms with Gasteiger partial charge in [0.05, 0.1) is 35.3 Å². The average Bonchev–Trinajstić information content (AvgIpc) is 2.88. The van der Waals surface area contributed by atoms with Gasteiger partial charge in [-0.2, -0.15) is 26.3 Å². The molecule has 1 aliphatic rings. The van der Waals surface area contributed by atoms with E-state index in [-0.39, 0.29) is 42.5 Å². The Kier molecular flexibility index (Phi) is 4.13. The van der Waals surface area contributed by atoms with E-state index in [4.69, 9.17) is 4.74 Å². The summed E-state index contributed by atoms with van der Waals surface area (Å²) >= 11 is 0. The summed E-state index contributed by atoms with van der Waals surface area (Å²) in [5.41, 5.74) is -4.02. The van der Waals surface area contributed by atoms with Crippen LogP contribution in [0.4, 0.5) is 26.3 Å². The van der Waals surface area contributed by atoms with Crippen LogP contribution in [0.15, 0.2) is 12.1 Å². The van der Waals surface area contributed by atoms with Gasteiger partial charge in [-0.1, -0.05) is 0 Å². The first-order valence-electron chi connectivity index (χ1n) is 7.08. The number of fused-ring (bicyclic) bond motifs is 1. The number of imidazole rings is 1. The maximum atomic E-state index is 12.9. The molecule has 5 nitrogen and oxygen atoms in total. The third kappa shape index (κ3) is 3.55. The molecule has 2 aromatic rings. The Morgan fingerprint density at radius 1 is 1.12 bits per heavy atom. The number of carbonyl (C=O) groups is 1. The molecule has 0 saturated carbocycles. The highest BCUT2D eigenvalue weighted by molar-refractivity contribution is 5.79. The van der Waals surface area contributed by atoms with Crippen molar-refractivity contribution in [2.24, 2.45) is 0 Å². The minimum atomic E-state index is -5.17. The molecule has 11 heteroatoms. The summed E-state index contributed by atoms with van der Waals surface area (Å²) in [5.74, 6) is -0.239. The van der Waals surface area contributed by atoms with Crippen molar-refractivity contribution in [2.45, 2.75) is 18.9 Å². The first-order valence-corrected chi connectivity index (χ1v) is 7.08. The number of aromatic nitrogens is 2. The molecule has 2 heterocycles. The molecule has 1 aromatic carbocycles. The molecule has 3 rings (SSSR count). The van der Waals surface area contributed by atoms with E-state index in [9.17, 15) is 31.1 Å². The zero-order chi connectivity index (χ0) is 18.4. The Hall–Kier alpha value is -2.30. The number of alkyl halides is 6. The van der Waals surface area contributed by atoms with Crippen LogP contribution in [0.5, 0.6) is 0 Å². The van der Waals surface area contributed by atoms with Crippen LogP contribution in [0.25, 0.3) is 11.0 Å². The molecule has 0 unspecified atom stereocenters. The number of benzene rings is 1. The average molecular weight is 367 g/mol. The van der Waals surface area contributed by atoms with Crippen LogP contribution >= 0.6 is 0 Å². The Bertz CT molecular complexity index is 760. The van der Waals surface area contributed by atoms with E-state index in [1.54, 1.807) is 0 Å². The molecule has 136 valence electrons. The quantitative estimate of drug-likeness (QED) is 0.831. The highest BCUT2D eigenvalue weighted by Crippen LogP contribution is 2.41. The lowest BCUT2D eigenvalue weighted by atomic mass is 10.1. The number of morpholine rings is 1. The number of nitrogens with one attached hydrogen (secondary N) is 1. The van der Waals surface area contributed by atoms with Crippen molar-refractivity contribution in [1.29, 1.82) is 0 Å². The van der Waals surface area contributed by atoms with Crippen molar-refractivity contribution in [2.75, 3.05) is 19.8 Å². The topological polar surface area (TPSA) is 58.2 Å². The number of amides is 1. The molecule has 0 radical (unpaired) electrons. The minimum Gasteiger partial charge on any atom is -0.370 e. The zero-order valence-corrected chi connectivity index (χ0v) is 12.5. The molecular formula is C14H11F6N3O2. The van der Waals surface area contributed by atoms with Crippen LogP contribution in [0.1, 0.15) is 17.0 Å². The number of carbonyl (C=O) groups excluding carboxylic acids is 1. The molecule has 1 saturated heterocycles. The van der Waals surface area contributed by atoms with Crippen molar-refractivity contribution in [3.63, 3.8) is 0 Å². The summed E-state index contributed by atoms with van der Waals surface area (Å²) in [6, 6.07) is 0.745. The van der Waals surface area contributed by atoms with Gasteiger partial charge in [-0.05, 0) is 12.1 Å². The van der Waals surface area contributed by atoms with Gasteiger partial charge in [0.1, 0.15) is 12.4 Å². The molecule has 1 aliphatic heterocycles. The predicted molar refractivity (Wildman–Crippen MR) is 72.3 cm³/mol. The second-order valence-corrected chi connectivity index (χ2v) is 5.46. The second-order valence-electron chi connectivity index (χ2n) is 5.46. The molecule has 25 heavy (non-hydrogen) atoms. The maximum Gasteiger partial charge on any atom is 0.417 e. The monoisotopic (exact) mass is 367 g/mol. The van der Waals surface area contributed by atoms with E-state index in [0.717, 1.165) is 0 Å². The van der Waals surface area contributed by atoms with Gasteiger partial charge in [-0.15, -0.1) is 0 Å². The number of rotatable bonds is 2. The Morgan fingerprint density at radius 3 is 2.36 bits per heavy atom. The van der Waals surface area contributed by atoms with Crippen molar-refractivity contribution in [1.82, 2.24) is 14.9 Å². The molecule has 0 spiro atoms. The Balaban J connectivity index is 2.01. The summed E-state index contributed by atoms with van der Waals surface area (Å²) in [4.78, 5) is 19.4. The molecule has 1 fully saturated rings. The molecule has 1 amide bonds. The third-order valence-electron chi connectivity index (χ3n) is 3.71. The van der Waals surface area contributed by atoms with Gasteiger partial charge >= 0.3 is 12.4 Å². The van der Waals surface area contributed by atoms with E-state index in [1.165, 1.54) is 4.90 Å². The fourth-order valence-corrected chi connectivity index (χ4v) is 2.55. The van der Waals surface area contributed by atoms with Gasteiger partial charge in [0.15, 0.2) is 0 Å². The van der Waals surface area contributed by atoms with Gasteiger partial charge in [-0.25, -0.2) is 4.98 Å². The maximum absolute atomic E-state index is 12.9. The fraction of sp³-hybridized carbons (Fsp3) is 0.429. The van der Waals surface area contributed by atoms with Crippen molar-refractivity contribution in [3.05, 3.63) is 29.1 Å². The van der Waals surface area contributed by atoms with Gasteiger partial charge in [0.25, 0.3) is 0 Å². The summed E-state index contributed by atoms with van der Waals surface area (Å²) < 4.78 is 82.5. The molecule has 0 aliphatic carbocycles. The number of hydrogen-bond acceptors (Lipinski definition) is 3. The van der Waals surface area contributed by atoms with E-state index in [2.05, 4.69) is 9.97 Å². The van der Waals surface area contributed by atoms with Gasteiger partial charge in [0, 0.05) is 6.54 Å². The van der Waals surface area contributed by atoms with Gasteiger partial charge < -0.3 is 14.6 Å². The molecule has 0 atom stereocenters. The van der Waals surface area contributed by atoms with Crippen LogP contribution in [0, 0.1) is 0 Å². The molecule has 0 bridgehead atoms. The SMILES string of the molecule is O=C1COCCN1Cc1nc2cc(C(F)(F)F)c(C(F)(F)F)cc2[nH]1. The number of ether oxygens (including phenoxy) is 1. The fourth-order valence-electron chi connectivity index (χ4n) is 2.55. The number of halogens is 6. The Morgan fingerprint density at radius 2 is 1.76 bits per heavy atom. The smallest absolute Gasteiger partial charge is 0.370 e. The largest absolute Gasteiger partial charge is 0.417 e. The Labute approximate surface area is 136 Å². The van der Waals surface area contributed by atoms with E-state index in [1.807, 2.05) is 0 Å². The zero-order valence-electron chi connectivity index (χ0n) is 12.5. The third-order valence-corrected chi connectivity index (χ3v) is 3.71. The first kappa shape index (κ1) is 17.5. The van der Waals surface area contributed by atoms with Crippen molar-refractivity contribution < 1.29 is 35.9 Å². The molecule has 1 aromatic heterocycles. The van der Waals surface area contributed by atoms with Gasteiger partial charge in [-0.3, -0.25) is 4.79 Å². The minimum absolute atomic E-state index is 0.0560. The van der Waals surface area contributed by atoms with Crippen LogP contribution in [-0.2, 0) is 28.4 Å². The lowest BCUT2D eigenvalue weighted by molar-refractivity contribution is -0.161. The highest BCUT2D eigenvalue weighted by Gasteiger charge is 2.43. The summed E-state index contributed by atoms with van der Waals surface area (Å²) in [7, 11) is 0. The number of nitrogens with zero attached hydrogens (tertiary/aromatic N) is 2. The standard InChI is InChI=1S/C14H11F6N3O2/c15-13(16,17)7-3-9-10(4-8(7)14(18,19)20)22-11(21-9)5-23-1-2-25-6-12(23)24/h3-4H,1-2,5-6H2,(H,21,22).